The van der Waals surface area contributed by atoms with Crippen molar-refractivity contribution in [3.63, 3.8) is 0 Å². The van der Waals surface area contributed by atoms with Crippen molar-refractivity contribution in [3.05, 3.63) is 34.7 Å². The number of fused-ring (bicyclic) bond motifs is 1. The van der Waals surface area contributed by atoms with Gasteiger partial charge < -0.3 is 5.11 Å². The molecule has 1 aliphatic rings. The monoisotopic (exact) mass is 236 g/mol. The van der Waals surface area contributed by atoms with Gasteiger partial charge in [0.25, 0.3) is 0 Å². The van der Waals surface area contributed by atoms with Crippen molar-refractivity contribution in [3.8, 4) is 0 Å². The number of aromatic nitrogens is 2. The molecule has 16 heavy (non-hydrogen) atoms. The zero-order valence-corrected chi connectivity index (χ0v) is 9.11. The minimum atomic E-state index is -0.934. The van der Waals surface area contributed by atoms with Crippen LogP contribution < -0.4 is 0 Å². The number of pyridine rings is 1. The molecule has 1 N–H and O–H groups in total. The van der Waals surface area contributed by atoms with E-state index in [-0.39, 0.29) is 5.69 Å². The van der Waals surface area contributed by atoms with Crippen LogP contribution in [-0.2, 0) is 0 Å². The molecule has 1 fully saturated rings. The summed E-state index contributed by atoms with van der Waals surface area (Å²) in [7, 11) is 0. The molecule has 4 nitrogen and oxygen atoms in total. The van der Waals surface area contributed by atoms with Gasteiger partial charge in [-0.2, -0.15) is 0 Å². The number of aromatic carboxylic acids is 1. The summed E-state index contributed by atoms with van der Waals surface area (Å²) in [5.74, 6) is -0.624. The van der Waals surface area contributed by atoms with Crippen LogP contribution in [0, 0.1) is 0 Å². The minimum absolute atomic E-state index is 0.272. The highest BCUT2D eigenvalue weighted by atomic mass is 35.5. The Kier molecular flexibility index (Phi) is 1.94. The van der Waals surface area contributed by atoms with E-state index in [2.05, 4.69) is 4.98 Å². The van der Waals surface area contributed by atoms with Gasteiger partial charge in [-0.15, -0.1) is 0 Å². The van der Waals surface area contributed by atoms with Gasteiger partial charge in [0, 0.05) is 23.2 Å². The fraction of sp³-hybridized carbons (Fsp3) is 0.273. The van der Waals surface area contributed by atoms with Crippen LogP contribution in [0.15, 0.2) is 18.3 Å². The number of hydrogen-bond donors (Lipinski definition) is 1. The number of rotatable bonds is 2. The standard InChI is InChI=1S/C11H9ClN2O2/c12-7-3-4-14-8(5-7)13-9(6-1-2-6)10(14)11(15)16/h3-6H,1-2H2,(H,15,16). The number of carbonyl (C=O) groups is 1. The summed E-state index contributed by atoms with van der Waals surface area (Å²) in [4.78, 5) is 15.6. The Bertz CT molecular complexity index is 587. The van der Waals surface area contributed by atoms with Gasteiger partial charge in [-0.25, -0.2) is 9.78 Å². The van der Waals surface area contributed by atoms with E-state index in [1.807, 2.05) is 0 Å². The lowest BCUT2D eigenvalue weighted by Gasteiger charge is -1.98. The lowest BCUT2D eigenvalue weighted by atomic mass is 10.2. The summed E-state index contributed by atoms with van der Waals surface area (Å²) in [6.07, 6.45) is 3.70. The first kappa shape index (κ1) is 9.66. The topological polar surface area (TPSA) is 54.6 Å². The highest BCUT2D eigenvalue weighted by Crippen LogP contribution is 2.41. The predicted octanol–water partition coefficient (Wildman–Crippen LogP) is 2.56. The third-order valence-corrected chi connectivity index (χ3v) is 3.02. The second kappa shape index (κ2) is 3.22. The lowest BCUT2D eigenvalue weighted by Crippen LogP contribution is -2.04. The molecule has 0 spiro atoms. The van der Waals surface area contributed by atoms with E-state index in [1.54, 1.807) is 22.7 Å². The second-order valence-corrected chi connectivity index (χ2v) is 4.43. The van der Waals surface area contributed by atoms with Crippen LogP contribution in [0.5, 0.6) is 0 Å². The molecule has 1 aliphatic carbocycles. The fourth-order valence-corrected chi connectivity index (χ4v) is 2.05. The van der Waals surface area contributed by atoms with Crippen molar-refractivity contribution in [2.75, 3.05) is 0 Å². The van der Waals surface area contributed by atoms with Gasteiger partial charge in [0.1, 0.15) is 5.65 Å². The number of carboxylic acid groups (broad SMARTS) is 1. The first-order valence-corrected chi connectivity index (χ1v) is 5.45. The van der Waals surface area contributed by atoms with Crippen LogP contribution in [0.4, 0.5) is 0 Å². The smallest absolute Gasteiger partial charge is 0.354 e. The third kappa shape index (κ3) is 1.38. The van der Waals surface area contributed by atoms with Crippen LogP contribution >= 0.6 is 11.6 Å². The quantitative estimate of drug-likeness (QED) is 0.872. The number of halogens is 1. The Balaban J connectivity index is 2.32. The van der Waals surface area contributed by atoms with Crippen LogP contribution in [0.25, 0.3) is 5.65 Å². The minimum Gasteiger partial charge on any atom is -0.477 e. The van der Waals surface area contributed by atoms with Gasteiger partial charge in [-0.3, -0.25) is 4.40 Å². The van der Waals surface area contributed by atoms with Crippen LogP contribution in [0.1, 0.15) is 34.9 Å². The van der Waals surface area contributed by atoms with Crippen molar-refractivity contribution in [1.82, 2.24) is 9.38 Å². The predicted molar refractivity (Wildman–Crippen MR) is 59.1 cm³/mol. The normalized spacial score (nSPS) is 15.6. The van der Waals surface area contributed by atoms with Crippen molar-refractivity contribution in [1.29, 1.82) is 0 Å². The molecule has 82 valence electrons. The van der Waals surface area contributed by atoms with E-state index in [1.165, 1.54) is 0 Å². The Morgan fingerprint density at radius 3 is 2.94 bits per heavy atom. The Labute approximate surface area is 96.5 Å². The third-order valence-electron chi connectivity index (χ3n) is 2.78. The number of imidazole rings is 1. The summed E-state index contributed by atoms with van der Waals surface area (Å²) in [5, 5.41) is 9.77. The second-order valence-electron chi connectivity index (χ2n) is 4.00. The Morgan fingerprint density at radius 1 is 1.56 bits per heavy atom. The highest BCUT2D eigenvalue weighted by Gasteiger charge is 2.32. The van der Waals surface area contributed by atoms with Gasteiger partial charge in [0.05, 0.1) is 5.69 Å². The molecule has 0 atom stereocenters. The number of hydrogen-bond acceptors (Lipinski definition) is 2. The molecule has 2 aromatic rings. The average Bonchev–Trinajstić information content (AvgIpc) is 2.99. The maximum absolute atomic E-state index is 11.2. The van der Waals surface area contributed by atoms with E-state index in [0.717, 1.165) is 12.8 Å². The summed E-state index contributed by atoms with van der Waals surface area (Å²) >= 11 is 5.85. The summed E-state index contributed by atoms with van der Waals surface area (Å²) in [5.41, 5.74) is 1.57. The molecule has 0 amide bonds. The van der Waals surface area contributed by atoms with E-state index >= 15 is 0 Å². The van der Waals surface area contributed by atoms with Crippen LogP contribution in [0.3, 0.4) is 0 Å². The van der Waals surface area contributed by atoms with E-state index in [4.69, 9.17) is 11.6 Å². The van der Waals surface area contributed by atoms with Crippen LogP contribution in [0.2, 0.25) is 5.02 Å². The molecular weight excluding hydrogens is 228 g/mol. The zero-order chi connectivity index (χ0) is 11.3. The molecule has 2 heterocycles. The zero-order valence-electron chi connectivity index (χ0n) is 8.35. The molecule has 1 saturated carbocycles. The highest BCUT2D eigenvalue weighted by molar-refractivity contribution is 6.30. The van der Waals surface area contributed by atoms with Crippen molar-refractivity contribution >= 4 is 23.2 Å². The van der Waals surface area contributed by atoms with Crippen molar-refractivity contribution in [2.45, 2.75) is 18.8 Å². The van der Waals surface area contributed by atoms with E-state index < -0.39 is 5.97 Å². The molecule has 0 unspecified atom stereocenters. The molecule has 0 aliphatic heterocycles. The van der Waals surface area contributed by atoms with Gasteiger partial charge in [-0.05, 0) is 18.9 Å². The fourth-order valence-electron chi connectivity index (χ4n) is 1.89. The largest absolute Gasteiger partial charge is 0.477 e. The molecule has 0 radical (unpaired) electrons. The van der Waals surface area contributed by atoms with Gasteiger partial charge in [0.2, 0.25) is 0 Å². The molecule has 0 saturated heterocycles. The SMILES string of the molecule is O=C(O)c1c(C2CC2)nc2cc(Cl)ccn12. The first-order valence-electron chi connectivity index (χ1n) is 5.07. The van der Waals surface area contributed by atoms with E-state index in [0.29, 0.717) is 22.3 Å². The molecular formula is C11H9ClN2O2. The number of carboxylic acids is 1. The van der Waals surface area contributed by atoms with Gasteiger partial charge in [-0.1, -0.05) is 11.6 Å². The van der Waals surface area contributed by atoms with Crippen molar-refractivity contribution < 1.29 is 9.90 Å². The van der Waals surface area contributed by atoms with Gasteiger partial charge >= 0.3 is 5.97 Å². The number of nitrogens with zero attached hydrogens (tertiary/aromatic N) is 2. The van der Waals surface area contributed by atoms with Crippen LogP contribution in [-0.4, -0.2) is 20.5 Å². The molecule has 3 rings (SSSR count). The summed E-state index contributed by atoms with van der Waals surface area (Å²) < 4.78 is 1.59. The van der Waals surface area contributed by atoms with Crippen molar-refractivity contribution in [2.24, 2.45) is 0 Å². The molecule has 2 aromatic heterocycles. The molecule has 0 bridgehead atoms. The lowest BCUT2D eigenvalue weighted by molar-refractivity contribution is 0.0688. The maximum atomic E-state index is 11.2. The average molecular weight is 237 g/mol. The van der Waals surface area contributed by atoms with E-state index in [9.17, 15) is 9.90 Å². The summed E-state index contributed by atoms with van der Waals surface area (Å²) in [6.45, 7) is 0. The Morgan fingerprint density at radius 2 is 2.31 bits per heavy atom. The Hall–Kier alpha value is -1.55. The summed E-state index contributed by atoms with van der Waals surface area (Å²) in [6, 6.07) is 3.35. The maximum Gasteiger partial charge on any atom is 0.354 e. The molecule has 0 aromatic carbocycles. The van der Waals surface area contributed by atoms with Gasteiger partial charge in [0.15, 0.2) is 5.69 Å². The first-order chi connectivity index (χ1) is 7.66. The molecule has 5 heteroatoms.